The number of aromatic amines is 1. The molecule has 1 aliphatic rings. The molecule has 3 aromatic rings. The third kappa shape index (κ3) is 3.75. The summed E-state index contributed by atoms with van der Waals surface area (Å²) < 4.78 is 0. The SMILES string of the molecule is CC(=O)Nc1cnc2c(c1)/C(=C\c1[nH]c(NCc3ccccc3)nc1O)C=N2. The van der Waals surface area contributed by atoms with Crippen molar-refractivity contribution in [3.8, 4) is 5.88 Å². The van der Waals surface area contributed by atoms with Gasteiger partial charge in [0.05, 0.1) is 11.9 Å². The third-order valence-corrected chi connectivity index (χ3v) is 4.14. The molecule has 0 fully saturated rings. The maximum atomic E-state index is 11.3. The van der Waals surface area contributed by atoms with Gasteiger partial charge in [-0.25, -0.2) is 9.98 Å². The number of carbonyl (C=O) groups excluding carboxylic acids is 1. The number of hydrogen-bond donors (Lipinski definition) is 4. The van der Waals surface area contributed by atoms with Crippen LogP contribution in [0.2, 0.25) is 0 Å². The van der Waals surface area contributed by atoms with Gasteiger partial charge in [0.15, 0.2) is 5.82 Å². The van der Waals surface area contributed by atoms with Crippen LogP contribution in [0.4, 0.5) is 17.5 Å². The number of H-pyrrole nitrogens is 1. The van der Waals surface area contributed by atoms with Gasteiger partial charge in [-0.15, -0.1) is 0 Å². The zero-order chi connectivity index (χ0) is 19.5. The molecule has 1 aromatic carbocycles. The molecule has 2 aromatic heterocycles. The van der Waals surface area contributed by atoms with E-state index in [1.807, 2.05) is 30.3 Å². The zero-order valence-electron chi connectivity index (χ0n) is 15.1. The molecule has 8 heteroatoms. The molecule has 4 N–H and O–H groups in total. The Bertz CT molecular complexity index is 1090. The van der Waals surface area contributed by atoms with Crippen LogP contribution in [0, 0.1) is 0 Å². The normalized spacial score (nSPS) is 13.5. The van der Waals surface area contributed by atoms with Crippen LogP contribution in [0.25, 0.3) is 11.6 Å². The highest BCUT2D eigenvalue weighted by atomic mass is 16.3. The average Bonchev–Trinajstić information content (AvgIpc) is 3.24. The summed E-state index contributed by atoms with van der Waals surface area (Å²) in [6, 6.07) is 11.7. The largest absolute Gasteiger partial charge is 0.492 e. The molecule has 1 amide bonds. The standard InChI is InChI=1S/C20H18N6O2/c1-12(27)24-15-8-16-14(10-21-18(16)22-11-15)7-17-19(28)26-20(25-17)23-9-13-5-3-2-4-6-13/h2-8,10-11,28H,9H2,1H3,(H,24,27)(H2,23,25,26)/b14-7-. The number of nitrogens with one attached hydrogen (secondary N) is 3. The molecule has 140 valence electrons. The molecular weight excluding hydrogens is 356 g/mol. The van der Waals surface area contributed by atoms with Crippen molar-refractivity contribution in [1.82, 2.24) is 15.0 Å². The van der Waals surface area contributed by atoms with Gasteiger partial charge in [-0.1, -0.05) is 30.3 Å². The van der Waals surface area contributed by atoms with E-state index in [0.29, 0.717) is 29.7 Å². The molecule has 4 rings (SSSR count). The predicted octanol–water partition coefficient (Wildman–Crippen LogP) is 3.34. The summed E-state index contributed by atoms with van der Waals surface area (Å²) >= 11 is 0. The van der Waals surface area contributed by atoms with E-state index in [9.17, 15) is 9.90 Å². The van der Waals surface area contributed by atoms with Crippen LogP contribution in [-0.2, 0) is 11.3 Å². The Kier molecular flexibility index (Phi) is 4.59. The van der Waals surface area contributed by atoms with Gasteiger partial charge in [0.1, 0.15) is 5.69 Å². The monoisotopic (exact) mass is 374 g/mol. The fraction of sp³-hybridized carbons (Fsp3) is 0.100. The third-order valence-electron chi connectivity index (χ3n) is 4.14. The van der Waals surface area contributed by atoms with E-state index in [-0.39, 0.29) is 11.8 Å². The number of fused-ring (bicyclic) bond motifs is 1. The minimum absolute atomic E-state index is 0.115. The fourth-order valence-electron chi connectivity index (χ4n) is 2.86. The zero-order valence-corrected chi connectivity index (χ0v) is 15.1. The number of anilines is 2. The lowest BCUT2D eigenvalue weighted by Crippen LogP contribution is -2.06. The van der Waals surface area contributed by atoms with E-state index in [4.69, 9.17) is 0 Å². The number of nitrogens with zero attached hydrogens (tertiary/aromatic N) is 3. The summed E-state index contributed by atoms with van der Waals surface area (Å²) in [6.45, 7) is 2.02. The van der Waals surface area contributed by atoms with Gasteiger partial charge in [-0.05, 0) is 17.7 Å². The number of imidazole rings is 1. The minimum atomic E-state index is -0.175. The summed E-state index contributed by atoms with van der Waals surface area (Å²) in [5.41, 5.74) is 3.66. The first-order valence-electron chi connectivity index (χ1n) is 8.69. The number of aliphatic imine (C=N–C) groups is 1. The van der Waals surface area contributed by atoms with E-state index in [1.54, 1.807) is 24.6 Å². The molecule has 0 aliphatic carbocycles. The van der Waals surface area contributed by atoms with Crippen LogP contribution in [0.15, 0.2) is 47.6 Å². The molecule has 3 heterocycles. The second-order valence-electron chi connectivity index (χ2n) is 6.30. The smallest absolute Gasteiger partial charge is 0.238 e. The molecular formula is C20H18N6O2. The summed E-state index contributed by atoms with van der Waals surface area (Å²) in [5, 5.41) is 16.0. The Balaban J connectivity index is 1.55. The Hall–Kier alpha value is -3.94. The van der Waals surface area contributed by atoms with Crippen molar-refractivity contribution in [3.05, 3.63) is 59.4 Å². The highest BCUT2D eigenvalue weighted by Crippen LogP contribution is 2.33. The first-order valence-corrected chi connectivity index (χ1v) is 8.69. The van der Waals surface area contributed by atoms with Crippen molar-refractivity contribution in [1.29, 1.82) is 0 Å². The first kappa shape index (κ1) is 17.5. The molecule has 0 bridgehead atoms. The number of benzene rings is 1. The van der Waals surface area contributed by atoms with Crippen molar-refractivity contribution in [3.63, 3.8) is 0 Å². The number of hydrogen-bond acceptors (Lipinski definition) is 6. The highest BCUT2D eigenvalue weighted by molar-refractivity contribution is 6.21. The molecule has 0 saturated carbocycles. The fourth-order valence-corrected chi connectivity index (χ4v) is 2.86. The molecule has 1 aliphatic heterocycles. The summed E-state index contributed by atoms with van der Waals surface area (Å²) in [4.78, 5) is 26.9. The lowest BCUT2D eigenvalue weighted by molar-refractivity contribution is -0.114. The molecule has 0 atom stereocenters. The van der Waals surface area contributed by atoms with Crippen LogP contribution in [-0.4, -0.2) is 32.2 Å². The van der Waals surface area contributed by atoms with Gasteiger partial charge in [0.25, 0.3) is 0 Å². The van der Waals surface area contributed by atoms with Crippen molar-refractivity contribution in [2.45, 2.75) is 13.5 Å². The lowest BCUT2D eigenvalue weighted by Gasteiger charge is -2.04. The van der Waals surface area contributed by atoms with Gasteiger partial charge in [-0.3, -0.25) is 4.79 Å². The number of allylic oxidation sites excluding steroid dienone is 1. The van der Waals surface area contributed by atoms with E-state index in [1.165, 1.54) is 6.92 Å². The van der Waals surface area contributed by atoms with Gasteiger partial charge in [0.2, 0.25) is 17.7 Å². The van der Waals surface area contributed by atoms with E-state index in [0.717, 1.165) is 16.7 Å². The number of aromatic hydroxyl groups is 1. The van der Waals surface area contributed by atoms with E-state index < -0.39 is 0 Å². The molecule has 0 unspecified atom stereocenters. The highest BCUT2D eigenvalue weighted by Gasteiger charge is 2.16. The Morgan fingerprint density at radius 2 is 2.11 bits per heavy atom. The molecule has 0 saturated heterocycles. The minimum Gasteiger partial charge on any atom is -0.492 e. The molecule has 0 radical (unpaired) electrons. The topological polar surface area (TPSA) is 115 Å². The van der Waals surface area contributed by atoms with E-state index >= 15 is 0 Å². The van der Waals surface area contributed by atoms with Crippen LogP contribution in [0.5, 0.6) is 5.88 Å². The number of rotatable bonds is 5. The maximum Gasteiger partial charge on any atom is 0.238 e. The van der Waals surface area contributed by atoms with Crippen molar-refractivity contribution >= 4 is 41.2 Å². The van der Waals surface area contributed by atoms with Gasteiger partial charge in [-0.2, -0.15) is 4.98 Å². The van der Waals surface area contributed by atoms with Crippen LogP contribution < -0.4 is 10.6 Å². The van der Waals surface area contributed by atoms with Crippen LogP contribution in [0.3, 0.4) is 0 Å². The number of aromatic nitrogens is 3. The van der Waals surface area contributed by atoms with E-state index in [2.05, 4.69) is 30.6 Å². The Morgan fingerprint density at radius 1 is 1.29 bits per heavy atom. The summed E-state index contributed by atoms with van der Waals surface area (Å²) in [5.74, 6) is 0.734. The second kappa shape index (κ2) is 7.36. The van der Waals surface area contributed by atoms with Crippen molar-refractivity contribution in [2.75, 3.05) is 10.6 Å². The van der Waals surface area contributed by atoms with Gasteiger partial charge < -0.3 is 20.7 Å². The molecule has 0 spiro atoms. The predicted molar refractivity (Wildman–Crippen MR) is 109 cm³/mol. The Morgan fingerprint density at radius 3 is 2.89 bits per heavy atom. The number of carbonyl (C=O) groups is 1. The summed E-state index contributed by atoms with van der Waals surface area (Å²) in [6.07, 6.45) is 4.96. The number of amides is 1. The molecule has 8 nitrogen and oxygen atoms in total. The van der Waals surface area contributed by atoms with Crippen molar-refractivity contribution in [2.24, 2.45) is 4.99 Å². The first-order chi connectivity index (χ1) is 13.6. The number of pyridine rings is 1. The summed E-state index contributed by atoms with van der Waals surface area (Å²) in [7, 11) is 0. The Labute approximate surface area is 161 Å². The maximum absolute atomic E-state index is 11.3. The van der Waals surface area contributed by atoms with Gasteiger partial charge in [0, 0.05) is 30.8 Å². The van der Waals surface area contributed by atoms with Crippen LogP contribution in [0.1, 0.15) is 23.7 Å². The average molecular weight is 374 g/mol. The van der Waals surface area contributed by atoms with Crippen molar-refractivity contribution < 1.29 is 9.90 Å². The lowest BCUT2D eigenvalue weighted by atomic mass is 10.1. The molecule has 28 heavy (non-hydrogen) atoms. The van der Waals surface area contributed by atoms with Gasteiger partial charge >= 0.3 is 0 Å². The quantitative estimate of drug-likeness (QED) is 0.547. The van der Waals surface area contributed by atoms with Crippen LogP contribution >= 0.6 is 0 Å². The second-order valence-corrected chi connectivity index (χ2v) is 6.30.